The second-order valence-electron chi connectivity index (χ2n) is 8.13. The van der Waals surface area contributed by atoms with Crippen LogP contribution in [0, 0.1) is 19.3 Å². The van der Waals surface area contributed by atoms with Crippen molar-refractivity contribution in [3.63, 3.8) is 0 Å². The van der Waals surface area contributed by atoms with Crippen LogP contribution in [0.4, 0.5) is 0 Å². The SMILES string of the molecule is Cc1ccc(-n2cc(CN3CC[C@H]4NCCC[C@]4(C(=O)O)C3)cn2)cc1C. The molecule has 6 heteroatoms. The van der Waals surface area contributed by atoms with Crippen LogP contribution in [-0.4, -0.2) is 51.4 Å². The number of aliphatic carboxylic acids is 1. The molecule has 2 saturated heterocycles. The summed E-state index contributed by atoms with van der Waals surface area (Å²) in [4.78, 5) is 14.4. The summed E-state index contributed by atoms with van der Waals surface area (Å²) in [6.45, 7) is 7.41. The van der Waals surface area contributed by atoms with Crippen LogP contribution >= 0.6 is 0 Å². The fourth-order valence-electron chi connectivity index (χ4n) is 4.57. The number of fused-ring (bicyclic) bond motifs is 1. The molecule has 2 aliphatic rings. The first-order valence-corrected chi connectivity index (χ1v) is 9.78. The highest BCUT2D eigenvalue weighted by Crippen LogP contribution is 2.38. The number of rotatable bonds is 4. The van der Waals surface area contributed by atoms with Crippen molar-refractivity contribution in [1.29, 1.82) is 0 Å². The van der Waals surface area contributed by atoms with Gasteiger partial charge in [0, 0.05) is 37.4 Å². The number of hydrogen-bond acceptors (Lipinski definition) is 4. The van der Waals surface area contributed by atoms with E-state index in [4.69, 9.17) is 0 Å². The molecule has 6 nitrogen and oxygen atoms in total. The zero-order valence-electron chi connectivity index (χ0n) is 16.1. The number of nitrogens with zero attached hydrogens (tertiary/aromatic N) is 3. The lowest BCUT2D eigenvalue weighted by Crippen LogP contribution is -2.62. The van der Waals surface area contributed by atoms with Gasteiger partial charge in [0.25, 0.3) is 0 Å². The van der Waals surface area contributed by atoms with Gasteiger partial charge < -0.3 is 10.4 Å². The lowest BCUT2D eigenvalue weighted by atomic mass is 9.70. The Morgan fingerprint density at radius 2 is 2.22 bits per heavy atom. The molecule has 0 unspecified atom stereocenters. The molecular weight excluding hydrogens is 340 g/mol. The molecule has 0 spiro atoms. The molecule has 27 heavy (non-hydrogen) atoms. The average molecular weight is 368 g/mol. The summed E-state index contributed by atoms with van der Waals surface area (Å²) in [6, 6.07) is 6.43. The standard InChI is InChI=1S/C21H28N4O2/c1-15-4-5-18(10-16(15)2)25-13-17(11-23-25)12-24-9-6-19-21(14-24,20(26)27)7-3-8-22-19/h4-5,10-11,13,19,22H,3,6-9,12,14H2,1-2H3,(H,26,27)/t19-,21+/m1/s1. The van der Waals surface area contributed by atoms with Crippen molar-refractivity contribution in [2.75, 3.05) is 19.6 Å². The second kappa shape index (κ2) is 7.09. The number of benzene rings is 1. The first-order chi connectivity index (χ1) is 13.0. The highest BCUT2D eigenvalue weighted by Gasteiger charge is 2.50. The van der Waals surface area contributed by atoms with Gasteiger partial charge in [-0.05, 0) is 62.9 Å². The molecular formula is C21H28N4O2. The van der Waals surface area contributed by atoms with Crippen LogP contribution in [0.25, 0.3) is 5.69 Å². The van der Waals surface area contributed by atoms with Gasteiger partial charge in [0.15, 0.2) is 0 Å². The van der Waals surface area contributed by atoms with Crippen LogP contribution in [0.5, 0.6) is 0 Å². The van der Waals surface area contributed by atoms with Crippen molar-refractivity contribution in [3.8, 4) is 5.69 Å². The maximum absolute atomic E-state index is 12.1. The number of carboxylic acids is 1. The smallest absolute Gasteiger partial charge is 0.312 e. The molecule has 0 radical (unpaired) electrons. The van der Waals surface area contributed by atoms with E-state index in [1.54, 1.807) is 0 Å². The van der Waals surface area contributed by atoms with Gasteiger partial charge in [-0.25, -0.2) is 4.68 Å². The molecule has 2 aromatic rings. The Kier molecular flexibility index (Phi) is 4.78. The minimum atomic E-state index is -0.657. The third-order valence-corrected chi connectivity index (χ3v) is 6.32. The van der Waals surface area contributed by atoms with Crippen LogP contribution in [0.2, 0.25) is 0 Å². The predicted molar refractivity (Wildman–Crippen MR) is 104 cm³/mol. The fraction of sp³-hybridized carbons (Fsp3) is 0.524. The highest BCUT2D eigenvalue weighted by atomic mass is 16.4. The van der Waals surface area contributed by atoms with Gasteiger partial charge >= 0.3 is 5.97 Å². The van der Waals surface area contributed by atoms with E-state index >= 15 is 0 Å². The maximum atomic E-state index is 12.1. The normalized spacial score (nSPS) is 25.9. The number of aryl methyl sites for hydroxylation is 2. The Balaban J connectivity index is 1.49. The van der Waals surface area contributed by atoms with E-state index in [1.807, 2.05) is 10.9 Å². The van der Waals surface area contributed by atoms with E-state index in [1.165, 1.54) is 11.1 Å². The third kappa shape index (κ3) is 3.39. The van der Waals surface area contributed by atoms with Crippen molar-refractivity contribution < 1.29 is 9.90 Å². The molecule has 2 aliphatic heterocycles. The first-order valence-electron chi connectivity index (χ1n) is 9.78. The van der Waals surface area contributed by atoms with Crippen molar-refractivity contribution >= 4 is 5.97 Å². The molecule has 144 valence electrons. The number of hydrogen-bond donors (Lipinski definition) is 2. The summed E-state index contributed by atoms with van der Waals surface area (Å²) in [6.07, 6.45) is 6.54. The molecule has 3 heterocycles. The molecule has 2 fully saturated rings. The molecule has 1 aromatic carbocycles. The van der Waals surface area contributed by atoms with E-state index in [9.17, 15) is 9.90 Å². The van der Waals surface area contributed by atoms with Crippen LogP contribution in [0.15, 0.2) is 30.6 Å². The molecule has 0 saturated carbocycles. The maximum Gasteiger partial charge on any atom is 0.312 e. The number of carbonyl (C=O) groups is 1. The Bertz CT molecular complexity index is 846. The third-order valence-electron chi connectivity index (χ3n) is 6.32. The number of carboxylic acid groups (broad SMARTS) is 1. The first kappa shape index (κ1) is 18.2. The average Bonchev–Trinajstić information content (AvgIpc) is 3.12. The van der Waals surface area contributed by atoms with Gasteiger partial charge in [-0.3, -0.25) is 9.69 Å². The Labute approximate surface area is 160 Å². The van der Waals surface area contributed by atoms with E-state index in [0.717, 1.165) is 50.1 Å². The number of nitrogens with one attached hydrogen (secondary N) is 1. The molecule has 0 aliphatic carbocycles. The van der Waals surface area contributed by atoms with E-state index < -0.39 is 11.4 Å². The van der Waals surface area contributed by atoms with Crippen molar-refractivity contribution in [2.24, 2.45) is 5.41 Å². The topological polar surface area (TPSA) is 70.4 Å². The van der Waals surface area contributed by atoms with Gasteiger partial charge in [-0.1, -0.05) is 6.07 Å². The van der Waals surface area contributed by atoms with Crippen LogP contribution in [-0.2, 0) is 11.3 Å². The van der Waals surface area contributed by atoms with E-state index in [0.29, 0.717) is 6.54 Å². The zero-order valence-corrected chi connectivity index (χ0v) is 16.1. The molecule has 2 N–H and O–H groups in total. The van der Waals surface area contributed by atoms with Crippen LogP contribution in [0.3, 0.4) is 0 Å². The number of aromatic nitrogens is 2. The number of likely N-dealkylation sites (tertiary alicyclic amines) is 1. The Morgan fingerprint density at radius 1 is 1.37 bits per heavy atom. The van der Waals surface area contributed by atoms with E-state index in [2.05, 4.69) is 53.6 Å². The molecule has 0 amide bonds. The summed E-state index contributed by atoms with van der Waals surface area (Å²) in [5.41, 5.74) is 4.05. The number of piperidine rings is 2. The van der Waals surface area contributed by atoms with Gasteiger partial charge in [-0.15, -0.1) is 0 Å². The molecule has 4 rings (SSSR count). The van der Waals surface area contributed by atoms with Crippen LogP contribution in [0.1, 0.15) is 36.0 Å². The fourth-order valence-corrected chi connectivity index (χ4v) is 4.57. The quantitative estimate of drug-likeness (QED) is 0.868. The lowest BCUT2D eigenvalue weighted by Gasteiger charge is -2.48. The van der Waals surface area contributed by atoms with Crippen LogP contribution < -0.4 is 5.32 Å². The summed E-state index contributed by atoms with van der Waals surface area (Å²) in [5, 5.41) is 17.9. The summed E-state index contributed by atoms with van der Waals surface area (Å²) in [7, 11) is 0. The summed E-state index contributed by atoms with van der Waals surface area (Å²) in [5.74, 6) is -0.657. The van der Waals surface area contributed by atoms with Crippen molar-refractivity contribution in [1.82, 2.24) is 20.0 Å². The Hall–Kier alpha value is -2.18. The van der Waals surface area contributed by atoms with Crippen molar-refractivity contribution in [2.45, 2.75) is 45.7 Å². The van der Waals surface area contributed by atoms with E-state index in [-0.39, 0.29) is 6.04 Å². The second-order valence-corrected chi connectivity index (χ2v) is 8.13. The molecule has 2 atom stereocenters. The predicted octanol–water partition coefficient (Wildman–Crippen LogP) is 2.52. The summed E-state index contributed by atoms with van der Waals surface area (Å²) < 4.78 is 1.91. The largest absolute Gasteiger partial charge is 0.481 e. The minimum Gasteiger partial charge on any atom is -0.481 e. The monoisotopic (exact) mass is 368 g/mol. The lowest BCUT2D eigenvalue weighted by molar-refractivity contribution is -0.157. The molecule has 1 aromatic heterocycles. The van der Waals surface area contributed by atoms with Crippen molar-refractivity contribution in [3.05, 3.63) is 47.3 Å². The molecule has 0 bridgehead atoms. The zero-order chi connectivity index (χ0) is 19.0. The van der Waals surface area contributed by atoms with Gasteiger partial charge in [0.05, 0.1) is 17.3 Å². The van der Waals surface area contributed by atoms with Gasteiger partial charge in [-0.2, -0.15) is 5.10 Å². The Morgan fingerprint density at radius 3 is 3.00 bits per heavy atom. The van der Waals surface area contributed by atoms with Gasteiger partial charge in [0.1, 0.15) is 0 Å². The highest BCUT2D eigenvalue weighted by molar-refractivity contribution is 5.76. The van der Waals surface area contributed by atoms with Gasteiger partial charge in [0.2, 0.25) is 0 Å². The minimum absolute atomic E-state index is 0.0956. The summed E-state index contributed by atoms with van der Waals surface area (Å²) >= 11 is 0.